The Bertz CT molecular complexity index is 625. The Morgan fingerprint density at radius 3 is 2.90 bits per heavy atom. The Morgan fingerprint density at radius 2 is 2.25 bits per heavy atom. The molecule has 0 spiro atoms. The van der Waals surface area contributed by atoms with Gasteiger partial charge in [-0.1, -0.05) is 6.07 Å². The number of rotatable bonds is 3. The summed E-state index contributed by atoms with van der Waals surface area (Å²) in [4.78, 5) is 18.1. The Hall–Kier alpha value is -1.88. The van der Waals surface area contributed by atoms with Crippen molar-refractivity contribution in [1.82, 2.24) is 14.8 Å². The number of carbonyl (C=O) groups excluding carboxylic acids is 1. The van der Waals surface area contributed by atoms with Gasteiger partial charge in [-0.25, -0.2) is 0 Å². The molecule has 1 atom stereocenters. The monoisotopic (exact) mass is 290 g/mol. The van der Waals surface area contributed by atoms with Gasteiger partial charge < -0.3 is 0 Å². The van der Waals surface area contributed by atoms with Crippen LogP contribution in [0.5, 0.6) is 0 Å². The highest BCUT2D eigenvalue weighted by molar-refractivity contribution is 6.18. The maximum atomic E-state index is 12.1. The molecule has 1 aliphatic heterocycles. The Kier molecular flexibility index (Phi) is 3.44. The van der Waals surface area contributed by atoms with Gasteiger partial charge in [-0.3, -0.25) is 19.4 Å². The molecule has 0 aliphatic carbocycles. The van der Waals surface area contributed by atoms with Gasteiger partial charge in [-0.15, -0.1) is 11.6 Å². The smallest absolute Gasteiger partial charge is 0.228 e. The fourth-order valence-electron chi connectivity index (χ4n) is 2.46. The average molecular weight is 291 g/mol. The lowest BCUT2D eigenvalue weighted by Crippen LogP contribution is -2.26. The van der Waals surface area contributed by atoms with E-state index in [9.17, 15) is 4.79 Å². The quantitative estimate of drug-likeness (QED) is 0.813. The molecule has 2 aromatic rings. The number of hydrogen-bond donors (Lipinski definition) is 0. The molecule has 20 heavy (non-hydrogen) atoms. The molecule has 0 aromatic carbocycles. The van der Waals surface area contributed by atoms with Crippen LogP contribution >= 0.6 is 11.6 Å². The SMILES string of the molecule is Cn1nc(-c2ccccn2)cc1N1CC(CCl)CC1=O. The van der Waals surface area contributed by atoms with Crippen LogP contribution in [0.15, 0.2) is 30.5 Å². The molecule has 0 radical (unpaired) electrons. The second kappa shape index (κ2) is 5.25. The molecule has 1 amide bonds. The number of amides is 1. The molecular formula is C14H15ClN4O. The van der Waals surface area contributed by atoms with Gasteiger partial charge in [0.05, 0.1) is 5.69 Å². The Morgan fingerprint density at radius 1 is 1.40 bits per heavy atom. The zero-order valence-electron chi connectivity index (χ0n) is 11.2. The number of aryl methyl sites for hydroxylation is 1. The predicted octanol–water partition coefficient (Wildman–Crippen LogP) is 2.07. The summed E-state index contributed by atoms with van der Waals surface area (Å²) in [7, 11) is 1.84. The van der Waals surface area contributed by atoms with Gasteiger partial charge in [0.2, 0.25) is 5.91 Å². The third kappa shape index (κ3) is 2.29. The predicted molar refractivity (Wildman–Crippen MR) is 77.6 cm³/mol. The molecule has 1 fully saturated rings. The molecule has 1 aliphatic rings. The topological polar surface area (TPSA) is 51.0 Å². The van der Waals surface area contributed by atoms with E-state index in [2.05, 4.69) is 10.1 Å². The maximum Gasteiger partial charge on any atom is 0.228 e. The third-order valence-corrected chi connectivity index (χ3v) is 3.92. The maximum absolute atomic E-state index is 12.1. The fraction of sp³-hybridized carbons (Fsp3) is 0.357. The van der Waals surface area contributed by atoms with Crippen LogP contribution in [0.3, 0.4) is 0 Å². The summed E-state index contributed by atoms with van der Waals surface area (Å²) in [5.74, 6) is 1.62. The van der Waals surface area contributed by atoms with Gasteiger partial charge in [0, 0.05) is 38.2 Å². The summed E-state index contributed by atoms with van der Waals surface area (Å²) >= 11 is 5.86. The summed E-state index contributed by atoms with van der Waals surface area (Å²) in [6.45, 7) is 0.656. The van der Waals surface area contributed by atoms with E-state index in [4.69, 9.17) is 11.6 Å². The van der Waals surface area contributed by atoms with Gasteiger partial charge >= 0.3 is 0 Å². The first kappa shape index (κ1) is 13.1. The van der Waals surface area contributed by atoms with E-state index in [1.54, 1.807) is 15.8 Å². The molecule has 5 nitrogen and oxygen atoms in total. The number of aromatic nitrogens is 3. The van der Waals surface area contributed by atoms with Gasteiger partial charge in [-0.05, 0) is 18.1 Å². The van der Waals surface area contributed by atoms with Crippen LogP contribution in [0.25, 0.3) is 11.4 Å². The number of anilines is 1. The summed E-state index contributed by atoms with van der Waals surface area (Å²) in [5, 5.41) is 4.44. The minimum Gasteiger partial charge on any atom is -0.297 e. The number of alkyl halides is 1. The lowest BCUT2D eigenvalue weighted by atomic mass is 10.1. The molecule has 0 saturated carbocycles. The van der Waals surface area contributed by atoms with Gasteiger partial charge in [0.1, 0.15) is 11.5 Å². The first-order valence-electron chi connectivity index (χ1n) is 6.51. The molecule has 1 unspecified atom stereocenters. The minimum absolute atomic E-state index is 0.103. The van der Waals surface area contributed by atoms with Crippen LogP contribution in [0.4, 0.5) is 5.82 Å². The summed E-state index contributed by atoms with van der Waals surface area (Å²) in [6, 6.07) is 7.58. The van der Waals surface area contributed by atoms with E-state index in [0.29, 0.717) is 18.8 Å². The molecule has 6 heteroatoms. The number of pyridine rings is 1. The zero-order chi connectivity index (χ0) is 14.1. The van der Waals surface area contributed by atoms with Crippen molar-refractivity contribution in [3.8, 4) is 11.4 Å². The van der Waals surface area contributed by atoms with Crippen molar-refractivity contribution in [3.63, 3.8) is 0 Å². The van der Waals surface area contributed by atoms with Gasteiger partial charge in [0.15, 0.2) is 0 Å². The molecule has 3 heterocycles. The van der Waals surface area contributed by atoms with E-state index in [1.165, 1.54) is 0 Å². The van der Waals surface area contributed by atoms with Crippen LogP contribution in [-0.4, -0.2) is 33.1 Å². The van der Waals surface area contributed by atoms with Crippen molar-refractivity contribution in [2.75, 3.05) is 17.3 Å². The van der Waals surface area contributed by atoms with Crippen LogP contribution < -0.4 is 4.90 Å². The normalized spacial score (nSPS) is 18.8. The van der Waals surface area contributed by atoms with E-state index in [-0.39, 0.29) is 11.8 Å². The summed E-state index contributed by atoms with van der Waals surface area (Å²) in [5.41, 5.74) is 1.57. The number of halogens is 1. The highest BCUT2D eigenvalue weighted by Gasteiger charge is 2.32. The number of nitrogens with zero attached hydrogens (tertiary/aromatic N) is 4. The van der Waals surface area contributed by atoms with Crippen molar-refractivity contribution in [3.05, 3.63) is 30.5 Å². The van der Waals surface area contributed by atoms with Crippen LogP contribution in [0, 0.1) is 5.92 Å². The van der Waals surface area contributed by atoms with Crippen LogP contribution in [0.1, 0.15) is 6.42 Å². The fourth-order valence-corrected chi connectivity index (χ4v) is 2.66. The van der Waals surface area contributed by atoms with Crippen molar-refractivity contribution < 1.29 is 4.79 Å². The first-order chi connectivity index (χ1) is 9.69. The van der Waals surface area contributed by atoms with Crippen molar-refractivity contribution >= 4 is 23.3 Å². The van der Waals surface area contributed by atoms with E-state index in [0.717, 1.165) is 17.2 Å². The highest BCUT2D eigenvalue weighted by Crippen LogP contribution is 2.28. The molecule has 3 rings (SSSR count). The van der Waals surface area contributed by atoms with Crippen molar-refractivity contribution in [2.24, 2.45) is 13.0 Å². The standard InChI is InChI=1S/C14H15ClN4O/c1-18-13(19-9-10(8-15)6-14(19)20)7-12(17-18)11-4-2-3-5-16-11/h2-5,7,10H,6,8-9H2,1H3. The minimum atomic E-state index is 0.103. The van der Waals surface area contributed by atoms with Crippen molar-refractivity contribution in [2.45, 2.75) is 6.42 Å². The largest absolute Gasteiger partial charge is 0.297 e. The highest BCUT2D eigenvalue weighted by atomic mass is 35.5. The first-order valence-corrected chi connectivity index (χ1v) is 7.04. The van der Waals surface area contributed by atoms with E-state index < -0.39 is 0 Å². The lowest BCUT2D eigenvalue weighted by molar-refractivity contribution is -0.117. The Balaban J connectivity index is 1.92. The molecule has 1 saturated heterocycles. The average Bonchev–Trinajstić information content (AvgIpc) is 3.02. The Labute approximate surface area is 122 Å². The lowest BCUT2D eigenvalue weighted by Gasteiger charge is -2.15. The number of carbonyl (C=O) groups is 1. The zero-order valence-corrected chi connectivity index (χ0v) is 11.9. The van der Waals surface area contributed by atoms with Gasteiger partial charge in [-0.2, -0.15) is 5.10 Å². The van der Waals surface area contributed by atoms with Crippen LogP contribution in [0.2, 0.25) is 0 Å². The third-order valence-electron chi connectivity index (χ3n) is 3.48. The molecule has 2 aromatic heterocycles. The number of hydrogen-bond acceptors (Lipinski definition) is 3. The second-order valence-corrected chi connectivity index (χ2v) is 5.26. The molecule has 104 valence electrons. The molecule has 0 bridgehead atoms. The molecular weight excluding hydrogens is 276 g/mol. The van der Waals surface area contributed by atoms with Crippen molar-refractivity contribution in [1.29, 1.82) is 0 Å². The van der Waals surface area contributed by atoms with E-state index in [1.807, 2.05) is 31.3 Å². The van der Waals surface area contributed by atoms with Crippen LogP contribution in [-0.2, 0) is 11.8 Å². The molecule has 0 N–H and O–H groups in total. The van der Waals surface area contributed by atoms with Gasteiger partial charge in [0.25, 0.3) is 0 Å². The summed E-state index contributed by atoms with van der Waals surface area (Å²) in [6.07, 6.45) is 2.24. The summed E-state index contributed by atoms with van der Waals surface area (Å²) < 4.78 is 1.72. The second-order valence-electron chi connectivity index (χ2n) is 4.96. The van der Waals surface area contributed by atoms with E-state index >= 15 is 0 Å².